The number of anilines is 2. The highest BCUT2D eigenvalue weighted by molar-refractivity contribution is 6.30. The summed E-state index contributed by atoms with van der Waals surface area (Å²) in [6.45, 7) is 5.91. The van der Waals surface area contributed by atoms with Gasteiger partial charge in [-0.3, -0.25) is 14.7 Å². The van der Waals surface area contributed by atoms with Gasteiger partial charge in [0.2, 0.25) is 11.9 Å². The van der Waals surface area contributed by atoms with Crippen LogP contribution in [0.15, 0.2) is 58.3 Å². The summed E-state index contributed by atoms with van der Waals surface area (Å²) >= 11 is 6.03. The molecule has 2 heterocycles. The van der Waals surface area contributed by atoms with E-state index in [0.29, 0.717) is 22.6 Å². The summed E-state index contributed by atoms with van der Waals surface area (Å²) in [6, 6.07) is 14.9. The number of rotatable bonds is 2. The van der Waals surface area contributed by atoms with Gasteiger partial charge in [-0.2, -0.15) is 0 Å². The first-order valence-corrected chi connectivity index (χ1v) is 9.34. The van der Waals surface area contributed by atoms with Crippen LogP contribution in [-0.4, -0.2) is 15.5 Å². The smallest absolute Gasteiger partial charge is 0.257 e. The molecule has 0 unspecified atom stereocenters. The SMILES string of the molecule is Cc1cc(=O)n2c(n1)NC(Nc1cccc(C)c1C)=N[C@@H]2c1ccc(Cl)cc1. The maximum Gasteiger partial charge on any atom is 0.257 e. The van der Waals surface area contributed by atoms with Gasteiger partial charge in [-0.1, -0.05) is 35.9 Å². The van der Waals surface area contributed by atoms with E-state index in [0.717, 1.165) is 16.8 Å². The third-order valence-electron chi connectivity index (χ3n) is 4.83. The van der Waals surface area contributed by atoms with Crippen molar-refractivity contribution >= 4 is 29.2 Å². The summed E-state index contributed by atoms with van der Waals surface area (Å²) in [6.07, 6.45) is -0.540. The fourth-order valence-electron chi connectivity index (χ4n) is 3.18. The molecule has 1 aromatic heterocycles. The average molecular weight is 394 g/mol. The Morgan fingerprint density at radius 1 is 1.11 bits per heavy atom. The summed E-state index contributed by atoms with van der Waals surface area (Å²) in [5.41, 5.74) is 4.59. The highest BCUT2D eigenvalue weighted by atomic mass is 35.5. The van der Waals surface area contributed by atoms with Crippen LogP contribution in [-0.2, 0) is 0 Å². The fraction of sp³-hybridized carbons (Fsp3) is 0.190. The van der Waals surface area contributed by atoms with Crippen LogP contribution in [0.3, 0.4) is 0 Å². The standard InChI is InChI=1S/C21H20ClN5O/c1-12-5-4-6-17(14(12)3)24-20-25-19(15-7-9-16(22)10-8-15)27-18(28)11-13(2)23-21(27)26-20/h4-11,19H,1-3H3,(H2,23,24,25,26)/t19-/m0/s1. The Labute approximate surface area is 167 Å². The number of hydrogen-bond donors (Lipinski definition) is 2. The summed E-state index contributed by atoms with van der Waals surface area (Å²) in [4.78, 5) is 21.9. The largest absolute Gasteiger partial charge is 0.326 e. The molecule has 1 atom stereocenters. The second kappa shape index (κ2) is 7.13. The lowest BCUT2D eigenvalue weighted by Gasteiger charge is -2.27. The predicted molar refractivity (Wildman–Crippen MR) is 113 cm³/mol. The van der Waals surface area contributed by atoms with Crippen molar-refractivity contribution in [2.45, 2.75) is 26.9 Å². The molecule has 2 aromatic carbocycles. The Kier molecular flexibility index (Phi) is 4.65. The fourth-order valence-corrected chi connectivity index (χ4v) is 3.31. The number of nitrogens with zero attached hydrogens (tertiary/aromatic N) is 3. The zero-order valence-electron chi connectivity index (χ0n) is 15.8. The monoisotopic (exact) mass is 393 g/mol. The van der Waals surface area contributed by atoms with E-state index in [1.807, 2.05) is 24.3 Å². The number of guanidine groups is 1. The van der Waals surface area contributed by atoms with Gasteiger partial charge in [-0.25, -0.2) is 9.98 Å². The number of aliphatic imine (C=N–C) groups is 1. The molecule has 0 bridgehead atoms. The zero-order valence-corrected chi connectivity index (χ0v) is 16.6. The van der Waals surface area contributed by atoms with Gasteiger partial charge in [0.1, 0.15) is 0 Å². The molecule has 0 saturated heterocycles. The van der Waals surface area contributed by atoms with Crippen LogP contribution >= 0.6 is 11.6 Å². The molecule has 0 radical (unpaired) electrons. The van der Waals surface area contributed by atoms with E-state index in [9.17, 15) is 4.79 Å². The summed E-state index contributed by atoms with van der Waals surface area (Å²) < 4.78 is 1.55. The molecule has 7 heteroatoms. The van der Waals surface area contributed by atoms with Crippen LogP contribution in [0.4, 0.5) is 11.6 Å². The van der Waals surface area contributed by atoms with Crippen molar-refractivity contribution in [1.82, 2.24) is 9.55 Å². The molecule has 0 aliphatic carbocycles. The van der Waals surface area contributed by atoms with E-state index < -0.39 is 6.17 Å². The van der Waals surface area contributed by atoms with Gasteiger partial charge in [0, 0.05) is 22.5 Å². The molecule has 6 nitrogen and oxygen atoms in total. The Morgan fingerprint density at radius 2 is 1.86 bits per heavy atom. The van der Waals surface area contributed by atoms with Crippen molar-refractivity contribution in [1.29, 1.82) is 0 Å². The first-order valence-electron chi connectivity index (χ1n) is 8.96. The molecule has 3 aromatic rings. The second-order valence-corrected chi connectivity index (χ2v) is 7.27. The second-order valence-electron chi connectivity index (χ2n) is 6.83. The van der Waals surface area contributed by atoms with Gasteiger partial charge < -0.3 is 5.32 Å². The number of halogens is 1. The van der Waals surface area contributed by atoms with Crippen molar-refractivity contribution in [3.8, 4) is 0 Å². The minimum Gasteiger partial charge on any atom is -0.326 e. The summed E-state index contributed by atoms with van der Waals surface area (Å²) in [7, 11) is 0. The number of nitrogens with one attached hydrogen (secondary N) is 2. The maximum atomic E-state index is 12.7. The van der Waals surface area contributed by atoms with Crippen molar-refractivity contribution in [3.63, 3.8) is 0 Å². The Morgan fingerprint density at radius 3 is 2.61 bits per heavy atom. The third-order valence-corrected chi connectivity index (χ3v) is 5.08. The van der Waals surface area contributed by atoms with Crippen molar-refractivity contribution < 1.29 is 0 Å². The van der Waals surface area contributed by atoms with Crippen LogP contribution in [0.1, 0.15) is 28.6 Å². The van der Waals surface area contributed by atoms with Crippen LogP contribution in [0.25, 0.3) is 0 Å². The third kappa shape index (κ3) is 3.39. The molecule has 0 amide bonds. The molecule has 1 aliphatic heterocycles. The van der Waals surface area contributed by atoms with E-state index in [1.54, 1.807) is 23.6 Å². The topological polar surface area (TPSA) is 71.3 Å². The molecule has 0 fully saturated rings. The van der Waals surface area contributed by atoms with E-state index in [-0.39, 0.29) is 5.56 Å². The average Bonchev–Trinajstić information content (AvgIpc) is 2.65. The molecule has 2 N–H and O–H groups in total. The lowest BCUT2D eigenvalue weighted by molar-refractivity contribution is 0.577. The van der Waals surface area contributed by atoms with Gasteiger partial charge in [-0.15, -0.1) is 0 Å². The van der Waals surface area contributed by atoms with Crippen molar-refractivity contribution in [3.05, 3.63) is 86.3 Å². The van der Waals surface area contributed by atoms with Crippen LogP contribution < -0.4 is 16.2 Å². The number of benzene rings is 2. The van der Waals surface area contributed by atoms with Gasteiger partial charge in [0.15, 0.2) is 6.17 Å². The number of hydrogen-bond acceptors (Lipinski definition) is 5. The predicted octanol–water partition coefficient (Wildman–Crippen LogP) is 4.26. The quantitative estimate of drug-likeness (QED) is 0.682. The normalized spacial score (nSPS) is 15.4. The lowest BCUT2D eigenvalue weighted by Crippen LogP contribution is -2.37. The number of fused-ring (bicyclic) bond motifs is 1. The van der Waals surface area contributed by atoms with Gasteiger partial charge >= 0.3 is 0 Å². The van der Waals surface area contributed by atoms with E-state index in [2.05, 4.69) is 35.5 Å². The highest BCUT2D eigenvalue weighted by Crippen LogP contribution is 2.27. The Bertz CT molecular complexity index is 1130. The zero-order chi connectivity index (χ0) is 19.8. The van der Waals surface area contributed by atoms with Crippen LogP contribution in [0.5, 0.6) is 0 Å². The molecule has 28 heavy (non-hydrogen) atoms. The number of aromatic nitrogens is 2. The van der Waals surface area contributed by atoms with E-state index >= 15 is 0 Å². The minimum atomic E-state index is -0.540. The lowest BCUT2D eigenvalue weighted by atomic mass is 10.1. The first-order chi connectivity index (χ1) is 13.4. The Balaban J connectivity index is 1.81. The molecular formula is C21H20ClN5O. The first kappa shape index (κ1) is 18.3. The number of aryl methyl sites for hydroxylation is 2. The summed E-state index contributed by atoms with van der Waals surface area (Å²) in [5.74, 6) is 0.985. The molecular weight excluding hydrogens is 374 g/mol. The van der Waals surface area contributed by atoms with Gasteiger partial charge in [0.25, 0.3) is 5.56 Å². The van der Waals surface area contributed by atoms with Crippen LogP contribution in [0, 0.1) is 20.8 Å². The molecule has 0 saturated carbocycles. The summed E-state index contributed by atoms with van der Waals surface area (Å²) in [5, 5.41) is 7.12. The molecule has 142 valence electrons. The molecule has 4 rings (SSSR count). The van der Waals surface area contributed by atoms with Crippen molar-refractivity contribution in [2.75, 3.05) is 10.6 Å². The highest BCUT2D eigenvalue weighted by Gasteiger charge is 2.25. The minimum absolute atomic E-state index is 0.163. The van der Waals surface area contributed by atoms with Gasteiger partial charge in [0.05, 0.1) is 0 Å². The van der Waals surface area contributed by atoms with Crippen LogP contribution in [0.2, 0.25) is 5.02 Å². The van der Waals surface area contributed by atoms with Gasteiger partial charge in [-0.05, 0) is 55.7 Å². The van der Waals surface area contributed by atoms with Crippen molar-refractivity contribution in [2.24, 2.45) is 4.99 Å². The molecule has 1 aliphatic rings. The maximum absolute atomic E-state index is 12.7. The molecule has 0 spiro atoms. The van der Waals surface area contributed by atoms with E-state index in [4.69, 9.17) is 16.6 Å². The van der Waals surface area contributed by atoms with E-state index in [1.165, 1.54) is 11.6 Å². The Hall–Kier alpha value is -3.12.